The van der Waals surface area contributed by atoms with E-state index in [1.165, 1.54) is 6.07 Å². The van der Waals surface area contributed by atoms with Crippen molar-refractivity contribution in [2.24, 2.45) is 10.9 Å². The number of anilines is 1. The molecule has 0 unspecified atom stereocenters. The van der Waals surface area contributed by atoms with Crippen molar-refractivity contribution in [1.29, 1.82) is 0 Å². The summed E-state index contributed by atoms with van der Waals surface area (Å²) in [4.78, 5) is 0.0968. The van der Waals surface area contributed by atoms with Crippen LogP contribution >= 0.6 is 0 Å². The second-order valence-corrected chi connectivity index (χ2v) is 5.99. The average Bonchev–Trinajstić information content (AvgIpc) is 2.35. The molecule has 0 aliphatic carbocycles. The Kier molecular flexibility index (Phi) is 4.72. The van der Waals surface area contributed by atoms with Gasteiger partial charge in [0.1, 0.15) is 4.90 Å². The molecule has 0 heterocycles. The van der Waals surface area contributed by atoms with Crippen molar-refractivity contribution < 1.29 is 8.42 Å². The lowest BCUT2D eigenvalue weighted by molar-refractivity contribution is 0.418. The molecule has 1 aromatic rings. The van der Waals surface area contributed by atoms with Crippen molar-refractivity contribution in [3.05, 3.63) is 24.3 Å². The van der Waals surface area contributed by atoms with Gasteiger partial charge in [0.05, 0.1) is 5.69 Å². The number of rotatable bonds is 6. The predicted octanol–water partition coefficient (Wildman–Crippen LogP) is 1.26. The van der Waals surface area contributed by atoms with Gasteiger partial charge in [0, 0.05) is 12.1 Å². The van der Waals surface area contributed by atoms with Gasteiger partial charge in [-0.25, -0.2) is 13.6 Å². The van der Waals surface area contributed by atoms with E-state index in [4.69, 9.17) is 10.9 Å². The summed E-state index contributed by atoms with van der Waals surface area (Å²) in [7, 11) is -3.72. The minimum Gasteiger partial charge on any atom is -0.382 e. The Morgan fingerprint density at radius 1 is 1.22 bits per heavy atom. The summed E-state index contributed by atoms with van der Waals surface area (Å²) in [6, 6.07) is 6.56. The number of para-hydroxylation sites is 1. The number of hydrogen-bond acceptors (Lipinski definition) is 4. The maximum Gasteiger partial charge on any atom is 0.240 e. The highest BCUT2D eigenvalue weighted by Gasteiger charge is 2.21. The Morgan fingerprint density at radius 2 is 1.78 bits per heavy atom. The van der Waals surface area contributed by atoms with Gasteiger partial charge in [-0.2, -0.15) is 0 Å². The van der Waals surface area contributed by atoms with Crippen molar-refractivity contribution in [2.45, 2.75) is 37.1 Å². The SMILES string of the molecule is CCC(N)(CC)CNc1ccccc1S(N)(=O)=O. The van der Waals surface area contributed by atoms with Crippen LogP contribution < -0.4 is 16.2 Å². The van der Waals surface area contributed by atoms with E-state index in [2.05, 4.69) is 5.32 Å². The van der Waals surface area contributed by atoms with Crippen LogP contribution in [0.4, 0.5) is 5.69 Å². The van der Waals surface area contributed by atoms with E-state index in [0.717, 1.165) is 12.8 Å². The highest BCUT2D eigenvalue weighted by atomic mass is 32.2. The maximum atomic E-state index is 11.4. The molecule has 18 heavy (non-hydrogen) atoms. The molecule has 0 spiro atoms. The van der Waals surface area contributed by atoms with Crippen molar-refractivity contribution in [1.82, 2.24) is 0 Å². The number of hydrogen-bond donors (Lipinski definition) is 3. The Balaban J connectivity index is 2.93. The van der Waals surface area contributed by atoms with Crippen molar-refractivity contribution in [2.75, 3.05) is 11.9 Å². The van der Waals surface area contributed by atoms with E-state index < -0.39 is 10.0 Å². The van der Waals surface area contributed by atoms with Gasteiger partial charge in [-0.15, -0.1) is 0 Å². The fourth-order valence-electron chi connectivity index (χ4n) is 1.63. The van der Waals surface area contributed by atoms with Gasteiger partial charge in [-0.3, -0.25) is 0 Å². The molecule has 0 aliphatic heterocycles. The molecule has 0 atom stereocenters. The first-order valence-electron chi connectivity index (χ1n) is 5.97. The predicted molar refractivity (Wildman–Crippen MR) is 73.8 cm³/mol. The van der Waals surface area contributed by atoms with Crippen LogP contribution in [0.2, 0.25) is 0 Å². The molecule has 0 aliphatic rings. The van der Waals surface area contributed by atoms with Crippen LogP contribution in [0, 0.1) is 0 Å². The van der Waals surface area contributed by atoms with E-state index >= 15 is 0 Å². The monoisotopic (exact) mass is 271 g/mol. The van der Waals surface area contributed by atoms with Gasteiger partial charge < -0.3 is 11.1 Å². The molecule has 0 aromatic heterocycles. The third-order valence-electron chi connectivity index (χ3n) is 3.23. The van der Waals surface area contributed by atoms with Gasteiger partial charge >= 0.3 is 0 Å². The van der Waals surface area contributed by atoms with Crippen LogP contribution in [0.15, 0.2) is 29.2 Å². The zero-order valence-electron chi connectivity index (χ0n) is 10.8. The summed E-state index contributed by atoms with van der Waals surface area (Å²) < 4.78 is 22.8. The van der Waals surface area contributed by atoms with Crippen LogP contribution in [0.25, 0.3) is 0 Å². The van der Waals surface area contributed by atoms with Gasteiger partial charge in [-0.1, -0.05) is 26.0 Å². The average molecular weight is 271 g/mol. The molecular formula is C12H21N3O2S. The summed E-state index contributed by atoms with van der Waals surface area (Å²) >= 11 is 0. The summed E-state index contributed by atoms with van der Waals surface area (Å²) in [6.45, 7) is 4.53. The quantitative estimate of drug-likeness (QED) is 0.725. The molecule has 0 fully saturated rings. The lowest BCUT2D eigenvalue weighted by atomic mass is 9.94. The van der Waals surface area contributed by atoms with Gasteiger partial charge in [0.2, 0.25) is 10.0 Å². The first-order valence-corrected chi connectivity index (χ1v) is 7.51. The van der Waals surface area contributed by atoms with Gasteiger partial charge in [-0.05, 0) is 25.0 Å². The fraction of sp³-hybridized carbons (Fsp3) is 0.500. The standard InChI is InChI=1S/C12H21N3O2S/c1-3-12(13,4-2)9-15-10-7-5-6-8-11(10)18(14,16)17/h5-8,15H,3-4,9,13H2,1-2H3,(H2,14,16,17). The largest absolute Gasteiger partial charge is 0.382 e. The van der Waals surface area contributed by atoms with Crippen LogP contribution in [0.5, 0.6) is 0 Å². The molecule has 0 bridgehead atoms. The number of sulfonamides is 1. The second-order valence-electron chi connectivity index (χ2n) is 4.46. The van der Waals surface area contributed by atoms with E-state index in [0.29, 0.717) is 12.2 Å². The highest BCUT2D eigenvalue weighted by Crippen LogP contribution is 2.21. The van der Waals surface area contributed by atoms with Crippen molar-refractivity contribution in [3.8, 4) is 0 Å². The number of primary sulfonamides is 1. The van der Waals surface area contributed by atoms with Crippen LogP contribution in [0.3, 0.4) is 0 Å². The van der Waals surface area contributed by atoms with Crippen molar-refractivity contribution >= 4 is 15.7 Å². The number of nitrogens with two attached hydrogens (primary N) is 2. The van der Waals surface area contributed by atoms with Crippen molar-refractivity contribution in [3.63, 3.8) is 0 Å². The first-order chi connectivity index (χ1) is 8.32. The smallest absolute Gasteiger partial charge is 0.240 e. The number of nitrogens with one attached hydrogen (secondary N) is 1. The van der Waals surface area contributed by atoms with Crippen LogP contribution in [-0.4, -0.2) is 20.5 Å². The zero-order chi connectivity index (χ0) is 13.8. The van der Waals surface area contributed by atoms with E-state index in [1.807, 2.05) is 13.8 Å². The molecule has 0 radical (unpaired) electrons. The minimum atomic E-state index is -3.72. The normalized spacial score (nSPS) is 12.4. The molecular weight excluding hydrogens is 250 g/mol. The molecule has 5 N–H and O–H groups in total. The Hall–Kier alpha value is -1.11. The summed E-state index contributed by atoms with van der Waals surface area (Å²) in [5.74, 6) is 0. The third-order valence-corrected chi connectivity index (χ3v) is 4.20. The molecule has 5 nitrogen and oxygen atoms in total. The molecule has 1 aromatic carbocycles. The second kappa shape index (κ2) is 5.69. The van der Waals surface area contributed by atoms with Crippen LogP contribution in [-0.2, 0) is 10.0 Å². The van der Waals surface area contributed by atoms with E-state index in [1.54, 1.807) is 18.2 Å². The number of benzene rings is 1. The molecule has 102 valence electrons. The lowest BCUT2D eigenvalue weighted by Crippen LogP contribution is -2.45. The highest BCUT2D eigenvalue weighted by molar-refractivity contribution is 7.89. The molecule has 6 heteroatoms. The fourth-order valence-corrected chi connectivity index (χ4v) is 2.35. The topological polar surface area (TPSA) is 98.2 Å². The molecule has 0 saturated heterocycles. The third kappa shape index (κ3) is 3.69. The molecule has 0 saturated carbocycles. The van der Waals surface area contributed by atoms with Gasteiger partial charge in [0.25, 0.3) is 0 Å². The Labute approximate surface area is 109 Å². The van der Waals surface area contributed by atoms with E-state index in [9.17, 15) is 8.42 Å². The first kappa shape index (κ1) is 14.9. The van der Waals surface area contributed by atoms with Crippen LogP contribution in [0.1, 0.15) is 26.7 Å². The molecule has 0 amide bonds. The summed E-state index contributed by atoms with van der Waals surface area (Å²) in [5.41, 5.74) is 6.32. The maximum absolute atomic E-state index is 11.4. The Bertz CT molecular complexity index is 496. The Morgan fingerprint density at radius 3 is 2.28 bits per heavy atom. The lowest BCUT2D eigenvalue weighted by Gasteiger charge is -2.27. The van der Waals surface area contributed by atoms with E-state index in [-0.39, 0.29) is 10.4 Å². The summed E-state index contributed by atoms with van der Waals surface area (Å²) in [5, 5.41) is 8.24. The zero-order valence-corrected chi connectivity index (χ0v) is 11.6. The summed E-state index contributed by atoms with van der Waals surface area (Å²) in [6.07, 6.45) is 1.63. The van der Waals surface area contributed by atoms with Gasteiger partial charge in [0.15, 0.2) is 0 Å². The minimum absolute atomic E-state index is 0.0968. The molecule has 1 rings (SSSR count).